The van der Waals surface area contributed by atoms with Crippen LogP contribution in [-0.4, -0.2) is 62.5 Å². The maximum absolute atomic E-state index is 13.8. The van der Waals surface area contributed by atoms with Gasteiger partial charge in [0.2, 0.25) is 5.91 Å². The zero-order chi connectivity index (χ0) is 25.9. The summed E-state index contributed by atoms with van der Waals surface area (Å²) in [6, 6.07) is 17.4. The number of H-pyrrole nitrogens is 2. The average Bonchev–Trinajstić information content (AvgIpc) is 3.67. The molecule has 2 aromatic carbocycles. The highest BCUT2D eigenvalue weighted by atomic mass is 16.2. The number of piperazine rings is 1. The van der Waals surface area contributed by atoms with Gasteiger partial charge >= 0.3 is 0 Å². The lowest BCUT2D eigenvalue weighted by Crippen LogP contribution is -2.53. The van der Waals surface area contributed by atoms with Crippen molar-refractivity contribution in [3.8, 4) is 0 Å². The quantitative estimate of drug-likeness (QED) is 0.381. The molecule has 7 nitrogen and oxygen atoms in total. The Morgan fingerprint density at radius 1 is 0.919 bits per heavy atom. The van der Waals surface area contributed by atoms with E-state index in [0.29, 0.717) is 24.3 Å². The predicted octanol–water partition coefficient (Wildman–Crippen LogP) is 5.01. The molecule has 37 heavy (non-hydrogen) atoms. The number of hydrogen-bond acceptors (Lipinski definition) is 3. The van der Waals surface area contributed by atoms with Gasteiger partial charge in [0.15, 0.2) is 5.78 Å². The SMILES string of the molecule is CC(C)(C)[C@H](CC(=O)c1cc2ccccc2[nH]1)C(=O)N1C[C@@H]2C[C@H]1CN2C(=O)c1ccc2[nH]ccc2c1. The van der Waals surface area contributed by atoms with Crippen LogP contribution in [0.4, 0.5) is 0 Å². The molecule has 3 atom stereocenters. The molecule has 0 radical (unpaired) electrons. The first kappa shape index (κ1) is 23.5. The number of rotatable bonds is 5. The van der Waals surface area contributed by atoms with Crippen molar-refractivity contribution in [3.05, 3.63) is 72.1 Å². The molecule has 2 amide bonds. The normalized spacial score (nSPS) is 20.2. The van der Waals surface area contributed by atoms with E-state index >= 15 is 0 Å². The van der Waals surface area contributed by atoms with Crippen molar-refractivity contribution in [2.45, 2.75) is 45.7 Å². The molecule has 0 unspecified atom stereocenters. The van der Waals surface area contributed by atoms with Crippen LogP contribution in [-0.2, 0) is 4.79 Å². The summed E-state index contributed by atoms with van der Waals surface area (Å²) in [5.41, 5.74) is 2.77. The minimum absolute atomic E-state index is 0.00778. The molecule has 4 aromatic rings. The van der Waals surface area contributed by atoms with Crippen LogP contribution in [0.15, 0.2) is 60.8 Å². The van der Waals surface area contributed by atoms with Crippen LogP contribution in [0.25, 0.3) is 21.8 Å². The Labute approximate surface area is 215 Å². The lowest BCUT2D eigenvalue weighted by molar-refractivity contribution is -0.141. The van der Waals surface area contributed by atoms with E-state index in [4.69, 9.17) is 0 Å². The van der Waals surface area contributed by atoms with E-state index in [-0.39, 0.29) is 41.5 Å². The summed E-state index contributed by atoms with van der Waals surface area (Å²) in [6.45, 7) is 7.13. The van der Waals surface area contributed by atoms with Gasteiger partial charge in [-0.3, -0.25) is 14.4 Å². The Balaban J connectivity index is 1.16. The number of hydrogen-bond donors (Lipinski definition) is 2. The lowest BCUT2D eigenvalue weighted by atomic mass is 9.76. The van der Waals surface area contributed by atoms with Crippen molar-refractivity contribution < 1.29 is 14.4 Å². The van der Waals surface area contributed by atoms with E-state index in [9.17, 15) is 14.4 Å². The number of amides is 2. The fourth-order valence-corrected chi connectivity index (χ4v) is 6.02. The molecule has 7 heteroatoms. The van der Waals surface area contributed by atoms with Crippen LogP contribution >= 0.6 is 0 Å². The van der Waals surface area contributed by atoms with Gasteiger partial charge in [0, 0.05) is 53.1 Å². The number of nitrogens with zero attached hydrogens (tertiary/aromatic N) is 2. The Bertz CT molecular complexity index is 1490. The zero-order valence-electron chi connectivity index (χ0n) is 21.5. The van der Waals surface area contributed by atoms with Gasteiger partial charge in [-0.2, -0.15) is 0 Å². The van der Waals surface area contributed by atoms with Crippen LogP contribution in [0.3, 0.4) is 0 Å². The summed E-state index contributed by atoms with van der Waals surface area (Å²) in [4.78, 5) is 50.6. The Hall–Kier alpha value is -3.87. The fraction of sp³-hybridized carbons (Fsp3) is 0.367. The van der Waals surface area contributed by atoms with E-state index in [1.807, 2.05) is 91.4 Å². The number of benzene rings is 2. The number of nitrogens with one attached hydrogen (secondary N) is 2. The van der Waals surface area contributed by atoms with Gasteiger partial charge in [0.05, 0.1) is 23.7 Å². The molecular weight excluding hydrogens is 464 g/mol. The molecule has 2 fully saturated rings. The van der Waals surface area contributed by atoms with E-state index in [1.54, 1.807) is 0 Å². The second-order valence-electron chi connectivity index (χ2n) is 11.6. The number of fused-ring (bicyclic) bond motifs is 4. The maximum Gasteiger partial charge on any atom is 0.254 e. The van der Waals surface area contributed by atoms with Crippen molar-refractivity contribution in [3.63, 3.8) is 0 Å². The number of Topliss-reactive ketones (excluding diaryl/α,β-unsaturated/α-hetero) is 1. The molecule has 2 saturated heterocycles. The highest BCUT2D eigenvalue weighted by molar-refractivity contribution is 6.02. The number of carbonyl (C=O) groups excluding carboxylic acids is 3. The van der Waals surface area contributed by atoms with Gasteiger partial charge in [-0.1, -0.05) is 39.0 Å². The highest BCUT2D eigenvalue weighted by Gasteiger charge is 2.49. The zero-order valence-corrected chi connectivity index (χ0v) is 21.5. The highest BCUT2D eigenvalue weighted by Crippen LogP contribution is 2.38. The van der Waals surface area contributed by atoms with Gasteiger partial charge in [-0.25, -0.2) is 0 Å². The number of aromatic amines is 2. The fourth-order valence-electron chi connectivity index (χ4n) is 6.02. The van der Waals surface area contributed by atoms with Gasteiger partial charge in [-0.15, -0.1) is 0 Å². The second kappa shape index (κ2) is 8.61. The minimum atomic E-state index is -0.439. The average molecular weight is 497 g/mol. The van der Waals surface area contributed by atoms with E-state index in [1.165, 1.54) is 0 Å². The Morgan fingerprint density at radius 2 is 1.65 bits per heavy atom. The summed E-state index contributed by atoms with van der Waals surface area (Å²) in [5, 5.41) is 2.00. The van der Waals surface area contributed by atoms with Crippen LogP contribution < -0.4 is 0 Å². The number of likely N-dealkylation sites (tertiary alicyclic amines) is 2. The molecule has 2 aromatic heterocycles. The molecule has 2 N–H and O–H groups in total. The number of carbonyl (C=O) groups is 3. The standard InChI is InChI=1S/C30H32N4O3/c1-30(2,3)23(15-27(35)26-13-18-6-4-5-7-25(18)32-26)29(37)34-17-21-14-22(34)16-33(21)28(36)20-8-9-24-19(12-20)10-11-31-24/h4-13,21-23,31-32H,14-17H2,1-3H3/t21-,22-,23+/m0/s1. The Morgan fingerprint density at radius 3 is 2.38 bits per heavy atom. The summed E-state index contributed by atoms with van der Waals surface area (Å²) in [7, 11) is 0. The van der Waals surface area contributed by atoms with Crippen molar-refractivity contribution >= 4 is 39.4 Å². The van der Waals surface area contributed by atoms with Crippen LogP contribution in [0.1, 0.15) is 54.5 Å². The lowest BCUT2D eigenvalue weighted by Gasteiger charge is -2.39. The third-order valence-corrected chi connectivity index (χ3v) is 8.15. The molecule has 0 spiro atoms. The van der Waals surface area contributed by atoms with Crippen LogP contribution in [0.2, 0.25) is 0 Å². The first-order valence-electron chi connectivity index (χ1n) is 13.0. The number of para-hydroxylation sites is 1. The topological polar surface area (TPSA) is 89.3 Å². The monoisotopic (exact) mass is 496 g/mol. The second-order valence-corrected chi connectivity index (χ2v) is 11.6. The molecule has 2 aliphatic heterocycles. The molecule has 6 rings (SSSR count). The van der Waals surface area contributed by atoms with Gasteiger partial charge in [0.1, 0.15) is 0 Å². The summed E-state index contributed by atoms with van der Waals surface area (Å²) < 4.78 is 0. The van der Waals surface area contributed by atoms with E-state index < -0.39 is 5.92 Å². The molecule has 0 saturated carbocycles. The van der Waals surface area contributed by atoms with E-state index in [0.717, 1.165) is 28.2 Å². The van der Waals surface area contributed by atoms with Crippen molar-refractivity contribution in [2.24, 2.45) is 11.3 Å². The van der Waals surface area contributed by atoms with Gasteiger partial charge < -0.3 is 19.8 Å². The smallest absolute Gasteiger partial charge is 0.254 e. The molecule has 0 aliphatic carbocycles. The van der Waals surface area contributed by atoms with Crippen molar-refractivity contribution in [1.29, 1.82) is 0 Å². The largest absolute Gasteiger partial charge is 0.361 e. The van der Waals surface area contributed by atoms with Crippen LogP contribution in [0.5, 0.6) is 0 Å². The molecular formula is C30H32N4O3. The summed E-state index contributed by atoms with van der Waals surface area (Å²) in [5.74, 6) is -0.453. The third kappa shape index (κ3) is 4.12. The minimum Gasteiger partial charge on any atom is -0.361 e. The predicted molar refractivity (Wildman–Crippen MR) is 143 cm³/mol. The summed E-state index contributed by atoms with van der Waals surface area (Å²) in [6.07, 6.45) is 2.81. The van der Waals surface area contributed by atoms with Crippen LogP contribution in [0, 0.1) is 11.3 Å². The Kier molecular flexibility index (Phi) is 5.48. The third-order valence-electron chi connectivity index (χ3n) is 8.15. The molecule has 2 aliphatic rings. The molecule has 190 valence electrons. The maximum atomic E-state index is 13.8. The van der Waals surface area contributed by atoms with E-state index in [2.05, 4.69) is 9.97 Å². The first-order chi connectivity index (χ1) is 17.7. The van der Waals surface area contributed by atoms with Crippen molar-refractivity contribution in [2.75, 3.05) is 13.1 Å². The van der Waals surface area contributed by atoms with Gasteiger partial charge in [-0.05, 0) is 48.2 Å². The molecule has 4 heterocycles. The molecule has 2 bridgehead atoms. The summed E-state index contributed by atoms with van der Waals surface area (Å²) >= 11 is 0. The van der Waals surface area contributed by atoms with Crippen molar-refractivity contribution in [1.82, 2.24) is 19.8 Å². The number of ketones is 1. The first-order valence-corrected chi connectivity index (χ1v) is 13.0. The van der Waals surface area contributed by atoms with Gasteiger partial charge in [0.25, 0.3) is 5.91 Å². The number of aromatic nitrogens is 2.